The molecule has 1 aliphatic carbocycles. The van der Waals surface area contributed by atoms with Gasteiger partial charge < -0.3 is 14.8 Å². The van der Waals surface area contributed by atoms with Crippen LogP contribution in [0.2, 0.25) is 0 Å². The molecule has 0 bridgehead atoms. The molecule has 6 nitrogen and oxygen atoms in total. The number of hydrogen-bond donors (Lipinski definition) is 1. The summed E-state index contributed by atoms with van der Waals surface area (Å²) >= 11 is 0. The molecule has 3 rings (SSSR count). The van der Waals surface area contributed by atoms with E-state index in [2.05, 4.69) is 10.4 Å². The van der Waals surface area contributed by atoms with E-state index in [-0.39, 0.29) is 18.6 Å². The van der Waals surface area contributed by atoms with Crippen LogP contribution in [0.3, 0.4) is 0 Å². The molecule has 6 heteroatoms. The van der Waals surface area contributed by atoms with Gasteiger partial charge in [-0.05, 0) is 31.4 Å². The third-order valence-electron chi connectivity index (χ3n) is 4.18. The summed E-state index contributed by atoms with van der Waals surface area (Å²) in [5.41, 5.74) is 2.34. The Hall–Kier alpha value is -2.34. The van der Waals surface area contributed by atoms with E-state index in [0.717, 1.165) is 30.6 Å². The monoisotopic (exact) mass is 329 g/mol. The van der Waals surface area contributed by atoms with E-state index in [4.69, 9.17) is 9.47 Å². The molecule has 2 aromatic rings. The Labute approximate surface area is 141 Å². The molecule has 1 aromatic carbocycles. The first kappa shape index (κ1) is 16.5. The number of nitrogens with one attached hydrogen (secondary N) is 1. The van der Waals surface area contributed by atoms with Gasteiger partial charge in [0.1, 0.15) is 19.0 Å². The van der Waals surface area contributed by atoms with E-state index < -0.39 is 0 Å². The van der Waals surface area contributed by atoms with Crippen LogP contribution in [-0.2, 0) is 23.0 Å². The first-order valence-corrected chi connectivity index (χ1v) is 8.30. The molecule has 0 aliphatic heterocycles. The van der Waals surface area contributed by atoms with Crippen LogP contribution >= 0.6 is 0 Å². The van der Waals surface area contributed by atoms with Gasteiger partial charge in [0, 0.05) is 18.3 Å². The molecule has 0 spiro atoms. The lowest BCUT2D eigenvalue weighted by Gasteiger charge is -2.23. The number of amides is 1. The predicted molar refractivity (Wildman–Crippen MR) is 89.8 cm³/mol. The first-order chi connectivity index (χ1) is 11.7. The van der Waals surface area contributed by atoms with E-state index in [0.29, 0.717) is 13.2 Å². The van der Waals surface area contributed by atoms with Crippen LogP contribution in [0.5, 0.6) is 5.75 Å². The summed E-state index contributed by atoms with van der Waals surface area (Å²) in [6.07, 6.45) is 4.88. The molecule has 1 aliphatic rings. The zero-order chi connectivity index (χ0) is 16.8. The highest BCUT2D eigenvalue weighted by Gasteiger charge is 2.24. The van der Waals surface area contributed by atoms with Crippen molar-refractivity contribution in [3.8, 4) is 5.75 Å². The van der Waals surface area contributed by atoms with Crippen LogP contribution in [0, 0.1) is 0 Å². The molecule has 1 heterocycles. The van der Waals surface area contributed by atoms with Gasteiger partial charge in [0.2, 0.25) is 5.91 Å². The lowest BCUT2D eigenvalue weighted by molar-refractivity contribution is -0.126. The van der Waals surface area contributed by atoms with Gasteiger partial charge in [0.15, 0.2) is 0 Å². The van der Waals surface area contributed by atoms with Crippen molar-refractivity contribution in [2.45, 2.75) is 25.3 Å². The zero-order valence-corrected chi connectivity index (χ0v) is 13.9. The van der Waals surface area contributed by atoms with E-state index in [1.165, 1.54) is 5.69 Å². The smallest absolute Gasteiger partial charge is 0.246 e. The number of rotatable bonds is 7. The Morgan fingerprint density at radius 3 is 3.00 bits per heavy atom. The number of aryl methyl sites for hydroxylation is 1. The van der Waals surface area contributed by atoms with Gasteiger partial charge >= 0.3 is 0 Å². The van der Waals surface area contributed by atoms with Crippen molar-refractivity contribution < 1.29 is 14.3 Å². The summed E-state index contributed by atoms with van der Waals surface area (Å²) in [6.45, 7) is 0.850. The van der Waals surface area contributed by atoms with Crippen LogP contribution in [0.1, 0.15) is 30.1 Å². The molecule has 0 saturated heterocycles. The van der Waals surface area contributed by atoms with E-state index in [1.54, 1.807) is 0 Å². The Morgan fingerprint density at radius 1 is 1.33 bits per heavy atom. The Bertz CT molecular complexity index is 669. The molecule has 1 aromatic heterocycles. The number of fused-ring (bicyclic) bond motifs is 1. The minimum Gasteiger partial charge on any atom is -0.491 e. The van der Waals surface area contributed by atoms with Crippen molar-refractivity contribution in [3.05, 3.63) is 47.8 Å². The van der Waals surface area contributed by atoms with Crippen molar-refractivity contribution in [3.63, 3.8) is 0 Å². The zero-order valence-electron chi connectivity index (χ0n) is 13.9. The number of hydrogen-bond acceptors (Lipinski definition) is 4. The van der Waals surface area contributed by atoms with Crippen molar-refractivity contribution >= 4 is 5.91 Å². The minimum atomic E-state index is -0.101. The molecule has 0 fully saturated rings. The average molecular weight is 329 g/mol. The summed E-state index contributed by atoms with van der Waals surface area (Å²) in [5.74, 6) is 0.702. The molecule has 128 valence electrons. The lowest BCUT2D eigenvalue weighted by atomic mass is 9.93. The van der Waals surface area contributed by atoms with E-state index in [9.17, 15) is 4.79 Å². The van der Waals surface area contributed by atoms with Gasteiger partial charge in [0.25, 0.3) is 0 Å². The number of ether oxygens (including phenoxy) is 2. The number of benzene rings is 1. The van der Waals surface area contributed by atoms with E-state index >= 15 is 0 Å². The van der Waals surface area contributed by atoms with Crippen molar-refractivity contribution in [2.24, 2.45) is 7.05 Å². The van der Waals surface area contributed by atoms with Crippen molar-refractivity contribution in [1.29, 1.82) is 0 Å². The molecule has 1 amide bonds. The molecule has 0 saturated carbocycles. The topological polar surface area (TPSA) is 65.4 Å². The van der Waals surface area contributed by atoms with Crippen molar-refractivity contribution in [1.82, 2.24) is 15.1 Å². The largest absolute Gasteiger partial charge is 0.491 e. The second-order valence-corrected chi connectivity index (χ2v) is 5.90. The van der Waals surface area contributed by atoms with Crippen LogP contribution in [0.15, 0.2) is 36.5 Å². The Morgan fingerprint density at radius 2 is 2.17 bits per heavy atom. The Kier molecular flexibility index (Phi) is 5.48. The molecule has 1 atom stereocenters. The highest BCUT2D eigenvalue weighted by Crippen LogP contribution is 2.28. The Balaban J connectivity index is 1.37. The van der Waals surface area contributed by atoms with Crippen LogP contribution in [0.4, 0.5) is 0 Å². The summed E-state index contributed by atoms with van der Waals surface area (Å²) < 4.78 is 12.8. The number of para-hydroxylation sites is 1. The SMILES string of the molecule is Cn1ncc2c1CCC[C@H]2NC(=O)COCCOc1ccccc1. The van der Waals surface area contributed by atoms with Gasteiger partial charge in [-0.15, -0.1) is 0 Å². The molecule has 24 heavy (non-hydrogen) atoms. The lowest BCUT2D eigenvalue weighted by Crippen LogP contribution is -2.33. The quantitative estimate of drug-likeness (QED) is 0.789. The number of carbonyl (C=O) groups excluding carboxylic acids is 1. The summed E-state index contributed by atoms with van der Waals surface area (Å²) in [7, 11) is 1.94. The van der Waals surface area contributed by atoms with Gasteiger partial charge in [-0.25, -0.2) is 0 Å². The van der Waals surface area contributed by atoms with Gasteiger partial charge in [-0.2, -0.15) is 5.10 Å². The maximum absolute atomic E-state index is 12.1. The standard InChI is InChI=1S/C18H23N3O3/c1-21-17-9-5-8-16(15(17)12-19-21)20-18(22)13-23-10-11-24-14-6-3-2-4-7-14/h2-4,6-7,12,16H,5,8-11,13H2,1H3,(H,20,22)/t16-/m1/s1. The normalized spacial score (nSPS) is 16.5. The van der Waals surface area contributed by atoms with E-state index in [1.807, 2.05) is 48.3 Å². The second kappa shape index (κ2) is 7.97. The van der Waals surface area contributed by atoms with Crippen molar-refractivity contribution in [2.75, 3.05) is 19.8 Å². The third kappa shape index (κ3) is 4.14. The maximum Gasteiger partial charge on any atom is 0.246 e. The highest BCUT2D eigenvalue weighted by molar-refractivity contribution is 5.77. The fraction of sp³-hybridized carbons (Fsp3) is 0.444. The molecular weight excluding hydrogens is 306 g/mol. The number of carbonyl (C=O) groups is 1. The van der Waals surface area contributed by atoms with Crippen LogP contribution in [0.25, 0.3) is 0 Å². The number of nitrogens with zero attached hydrogens (tertiary/aromatic N) is 2. The van der Waals surface area contributed by atoms with Crippen LogP contribution < -0.4 is 10.1 Å². The molecule has 0 unspecified atom stereocenters. The molecule has 1 N–H and O–H groups in total. The fourth-order valence-corrected chi connectivity index (χ4v) is 2.99. The molecule has 0 radical (unpaired) electrons. The van der Waals surface area contributed by atoms with Gasteiger partial charge in [0.05, 0.1) is 18.8 Å². The second-order valence-electron chi connectivity index (χ2n) is 5.90. The third-order valence-corrected chi connectivity index (χ3v) is 4.18. The predicted octanol–water partition coefficient (Wildman–Crippen LogP) is 2.01. The summed E-state index contributed by atoms with van der Waals surface area (Å²) in [5, 5.41) is 7.33. The summed E-state index contributed by atoms with van der Waals surface area (Å²) in [6, 6.07) is 9.59. The summed E-state index contributed by atoms with van der Waals surface area (Å²) in [4.78, 5) is 12.1. The number of aromatic nitrogens is 2. The average Bonchev–Trinajstić information content (AvgIpc) is 2.98. The van der Waals surface area contributed by atoms with Gasteiger partial charge in [-0.1, -0.05) is 18.2 Å². The maximum atomic E-state index is 12.1. The highest BCUT2D eigenvalue weighted by atomic mass is 16.5. The molecular formula is C18H23N3O3. The van der Waals surface area contributed by atoms with Crippen LogP contribution in [-0.4, -0.2) is 35.5 Å². The fourth-order valence-electron chi connectivity index (χ4n) is 2.99. The first-order valence-electron chi connectivity index (χ1n) is 8.30. The minimum absolute atomic E-state index is 0.0409. The van der Waals surface area contributed by atoms with Gasteiger partial charge in [-0.3, -0.25) is 9.48 Å².